The summed E-state index contributed by atoms with van der Waals surface area (Å²) in [4.78, 5) is 33.4. The van der Waals surface area contributed by atoms with E-state index in [9.17, 15) is 9.59 Å². The summed E-state index contributed by atoms with van der Waals surface area (Å²) in [6.45, 7) is 12.1. The quantitative estimate of drug-likeness (QED) is 0.253. The number of hydrogen-bond acceptors (Lipinski definition) is 4. The highest BCUT2D eigenvalue weighted by Gasteiger charge is 2.23. The molecule has 1 heterocycles. The minimum Gasteiger partial charge on any atom is -0.338 e. The van der Waals surface area contributed by atoms with Crippen molar-refractivity contribution in [2.24, 2.45) is 15.9 Å². The lowest BCUT2D eigenvalue weighted by Gasteiger charge is -2.32. The number of rotatable bonds is 8. The van der Waals surface area contributed by atoms with Crippen LogP contribution in [0.4, 0.5) is 5.69 Å². The minimum absolute atomic E-state index is 0.0933. The lowest BCUT2D eigenvalue weighted by molar-refractivity contribution is -0.105. The molecule has 0 spiro atoms. The number of piperidine rings is 1. The molecule has 0 bridgehead atoms. The van der Waals surface area contributed by atoms with Crippen molar-refractivity contribution in [2.45, 2.75) is 53.9 Å². The van der Waals surface area contributed by atoms with Gasteiger partial charge >= 0.3 is 0 Å². The third-order valence-electron chi connectivity index (χ3n) is 6.46. The van der Waals surface area contributed by atoms with Crippen molar-refractivity contribution in [3.8, 4) is 0 Å². The van der Waals surface area contributed by atoms with Crippen molar-refractivity contribution in [1.82, 2.24) is 4.90 Å². The maximum absolute atomic E-state index is 12.4. The fourth-order valence-corrected chi connectivity index (χ4v) is 4.58. The molecule has 1 N–H and O–H groups in total. The summed E-state index contributed by atoms with van der Waals surface area (Å²) in [5.74, 6) is 0.726. The summed E-state index contributed by atoms with van der Waals surface area (Å²) in [7, 11) is 1.75. The number of aliphatic imine (C=N–C) groups is 2. The second-order valence-corrected chi connectivity index (χ2v) is 10.7. The predicted octanol–water partition coefficient (Wildman–Crippen LogP) is 7.59. The number of anilines is 1. The van der Waals surface area contributed by atoms with Gasteiger partial charge in [0.05, 0.1) is 15.9 Å². The number of carbonyl (C=O) groups is 2. The van der Waals surface area contributed by atoms with E-state index in [4.69, 9.17) is 4.99 Å². The molecular formula is C32H41BrN4O2. The van der Waals surface area contributed by atoms with E-state index in [1.54, 1.807) is 37.5 Å². The number of nitrogens with zero attached hydrogens (tertiary/aromatic N) is 3. The van der Waals surface area contributed by atoms with Crippen molar-refractivity contribution in [3.63, 3.8) is 0 Å². The number of halogens is 1. The van der Waals surface area contributed by atoms with Crippen LogP contribution in [-0.2, 0) is 4.79 Å². The van der Waals surface area contributed by atoms with Crippen LogP contribution in [-0.4, -0.2) is 49.3 Å². The Morgan fingerprint density at radius 1 is 1.13 bits per heavy atom. The molecule has 2 aromatic carbocycles. The van der Waals surface area contributed by atoms with Crippen LogP contribution in [0.5, 0.6) is 0 Å². The molecule has 1 fully saturated rings. The zero-order chi connectivity index (χ0) is 28.8. The Morgan fingerprint density at radius 3 is 2.41 bits per heavy atom. The topological polar surface area (TPSA) is 74.1 Å². The molecule has 0 aromatic heterocycles. The van der Waals surface area contributed by atoms with Gasteiger partial charge in [-0.1, -0.05) is 43.2 Å². The highest BCUT2D eigenvalue weighted by Crippen LogP contribution is 2.21. The largest absolute Gasteiger partial charge is 0.338 e. The van der Waals surface area contributed by atoms with Gasteiger partial charge < -0.3 is 10.2 Å². The van der Waals surface area contributed by atoms with E-state index in [0.717, 1.165) is 47.4 Å². The highest BCUT2D eigenvalue weighted by molar-refractivity contribution is 9.12. The van der Waals surface area contributed by atoms with E-state index in [0.29, 0.717) is 23.6 Å². The van der Waals surface area contributed by atoms with Crippen LogP contribution < -0.4 is 5.32 Å². The van der Waals surface area contributed by atoms with E-state index in [-0.39, 0.29) is 5.91 Å². The molecular weight excluding hydrogens is 552 g/mol. The van der Waals surface area contributed by atoms with Crippen molar-refractivity contribution in [3.05, 3.63) is 87.0 Å². The minimum atomic E-state index is 0.0933. The Balaban J connectivity index is 0.000000274. The molecule has 1 aliphatic rings. The highest BCUT2D eigenvalue weighted by atomic mass is 79.9. The third kappa shape index (κ3) is 10.4. The van der Waals surface area contributed by atoms with E-state index in [1.807, 2.05) is 24.0 Å². The van der Waals surface area contributed by atoms with Gasteiger partial charge in [-0.05, 0) is 98.3 Å². The number of hydrogen-bond donors (Lipinski definition) is 1. The zero-order valence-corrected chi connectivity index (χ0v) is 25.6. The van der Waals surface area contributed by atoms with E-state index in [2.05, 4.69) is 72.1 Å². The van der Waals surface area contributed by atoms with Gasteiger partial charge in [-0.2, -0.15) is 0 Å². The zero-order valence-electron chi connectivity index (χ0n) is 24.0. The molecule has 1 saturated heterocycles. The number of benzene rings is 2. The number of nitrogens with one attached hydrogen (secondary N) is 1. The summed E-state index contributed by atoms with van der Waals surface area (Å²) in [5, 5.41) is 2.56. The van der Waals surface area contributed by atoms with Crippen molar-refractivity contribution in [1.29, 1.82) is 0 Å². The van der Waals surface area contributed by atoms with Crippen LogP contribution in [0.25, 0.3) is 0 Å². The Kier molecular flexibility index (Phi) is 13.6. The van der Waals surface area contributed by atoms with E-state index in [1.165, 1.54) is 17.6 Å². The average molecular weight is 594 g/mol. The molecule has 0 radical (unpaired) electrons. The van der Waals surface area contributed by atoms with Gasteiger partial charge in [-0.3, -0.25) is 19.6 Å². The summed E-state index contributed by atoms with van der Waals surface area (Å²) >= 11 is 3.49. The smallest absolute Gasteiger partial charge is 0.253 e. The molecule has 208 valence electrons. The van der Waals surface area contributed by atoms with Crippen LogP contribution in [0.1, 0.15) is 68.4 Å². The number of allylic oxidation sites excluding steroid dienone is 4. The van der Waals surface area contributed by atoms with Gasteiger partial charge in [0.25, 0.3) is 5.91 Å². The number of carbonyl (C=O) groups excluding carboxylic acids is 2. The fraction of sp³-hybridized carbons (Fsp3) is 0.375. The first kappa shape index (κ1) is 31.9. The van der Waals surface area contributed by atoms with Gasteiger partial charge in [0.15, 0.2) is 0 Å². The number of amides is 2. The molecule has 39 heavy (non-hydrogen) atoms. The molecule has 1 aliphatic heterocycles. The molecule has 1 unspecified atom stereocenters. The Labute approximate surface area is 242 Å². The van der Waals surface area contributed by atoms with Crippen LogP contribution in [0.3, 0.4) is 0 Å². The molecule has 6 nitrogen and oxygen atoms in total. The predicted molar refractivity (Wildman–Crippen MR) is 168 cm³/mol. The van der Waals surface area contributed by atoms with E-state index < -0.39 is 0 Å². The Hall–Kier alpha value is -3.32. The van der Waals surface area contributed by atoms with Gasteiger partial charge in [0, 0.05) is 43.2 Å². The van der Waals surface area contributed by atoms with Crippen molar-refractivity contribution in [2.75, 3.05) is 25.5 Å². The van der Waals surface area contributed by atoms with Gasteiger partial charge in [-0.15, -0.1) is 0 Å². The molecule has 3 rings (SSSR count). The first-order chi connectivity index (χ1) is 18.7. The summed E-state index contributed by atoms with van der Waals surface area (Å²) in [5.41, 5.74) is 6.87. The van der Waals surface area contributed by atoms with Crippen molar-refractivity contribution >= 4 is 45.9 Å². The molecule has 1 atom stereocenters. The fourth-order valence-electron chi connectivity index (χ4n) is 4.29. The lowest BCUT2D eigenvalue weighted by atomic mass is 9.95. The standard InChI is InChI=1S/C17H21BrN2.C15H20N2O2/c1-12(2)10-17(15-9-7-6-8-13(15)3)20-14(4)16(18)11-19-5;1-2-12-4-3-9-17(10-12)15(19)13-5-7-14(8-6-13)16-11-18/h6-11H,1-5H3;5-8,11-12H,2-4,9-10H2,1H3,(H,16,18)/b16-14-,19-11?,20-17?;. The molecule has 0 aliphatic carbocycles. The second-order valence-electron chi connectivity index (χ2n) is 9.86. The first-order valence-corrected chi connectivity index (χ1v) is 14.2. The van der Waals surface area contributed by atoms with Crippen LogP contribution >= 0.6 is 15.9 Å². The Morgan fingerprint density at radius 2 is 1.82 bits per heavy atom. The van der Waals surface area contributed by atoms with Crippen molar-refractivity contribution < 1.29 is 9.59 Å². The first-order valence-electron chi connectivity index (χ1n) is 13.4. The molecule has 0 saturated carbocycles. The molecule has 2 aromatic rings. The number of likely N-dealkylation sites (tertiary alicyclic amines) is 1. The SMILES string of the molecule is CCC1CCCN(C(=O)c2ccc(NC=O)cc2)C1.CN=C/C(Br)=C(\C)N=C(C=C(C)C)c1ccccc1C. The summed E-state index contributed by atoms with van der Waals surface area (Å²) in [6.07, 6.45) is 7.95. The number of aryl methyl sites for hydroxylation is 1. The molecule has 2 amide bonds. The van der Waals surface area contributed by atoms with Crippen LogP contribution in [0.2, 0.25) is 0 Å². The summed E-state index contributed by atoms with van der Waals surface area (Å²) < 4.78 is 0.897. The second kappa shape index (κ2) is 16.6. The van der Waals surface area contributed by atoms with Crippen LogP contribution in [0, 0.1) is 12.8 Å². The molecule has 7 heteroatoms. The normalized spacial score (nSPS) is 16.1. The lowest BCUT2D eigenvalue weighted by Crippen LogP contribution is -2.39. The average Bonchev–Trinajstić information content (AvgIpc) is 2.93. The van der Waals surface area contributed by atoms with Gasteiger partial charge in [0.2, 0.25) is 6.41 Å². The maximum Gasteiger partial charge on any atom is 0.253 e. The van der Waals surface area contributed by atoms with Gasteiger partial charge in [-0.25, -0.2) is 0 Å². The van der Waals surface area contributed by atoms with Gasteiger partial charge in [0.1, 0.15) is 0 Å². The summed E-state index contributed by atoms with van der Waals surface area (Å²) in [6, 6.07) is 15.3. The Bertz CT molecular complexity index is 1220. The maximum atomic E-state index is 12.4. The van der Waals surface area contributed by atoms with Crippen LogP contribution in [0.15, 0.2) is 80.3 Å². The monoisotopic (exact) mass is 592 g/mol. The third-order valence-corrected chi connectivity index (χ3v) is 7.24. The van der Waals surface area contributed by atoms with E-state index >= 15 is 0 Å².